The zero-order chi connectivity index (χ0) is 23.5. The number of rotatable bonds is 24. The summed E-state index contributed by atoms with van der Waals surface area (Å²) in [6.07, 6.45) is 28.0. The lowest BCUT2D eigenvalue weighted by Gasteiger charge is -2.15. The van der Waals surface area contributed by atoms with Crippen LogP contribution in [0.2, 0.25) is 0 Å². The molecule has 1 unspecified atom stereocenters. The van der Waals surface area contributed by atoms with Gasteiger partial charge in [0, 0.05) is 13.0 Å². The van der Waals surface area contributed by atoms with Gasteiger partial charge in [-0.15, -0.1) is 0 Å². The first-order chi connectivity index (χ1) is 15.7. The molecule has 0 rings (SSSR count). The van der Waals surface area contributed by atoms with E-state index in [2.05, 4.69) is 38.2 Å². The number of ether oxygens (including phenoxy) is 2. The molecule has 0 radical (unpaired) electrons. The molecule has 32 heavy (non-hydrogen) atoms. The highest BCUT2D eigenvalue weighted by atomic mass is 16.6. The number of esters is 1. The van der Waals surface area contributed by atoms with Gasteiger partial charge in [-0.05, 0) is 44.9 Å². The molecule has 4 nitrogen and oxygen atoms in total. The van der Waals surface area contributed by atoms with E-state index in [1.807, 2.05) is 0 Å². The van der Waals surface area contributed by atoms with Crippen molar-refractivity contribution >= 4 is 5.97 Å². The lowest BCUT2D eigenvalue weighted by molar-refractivity contribution is -0.154. The Morgan fingerprint density at radius 3 is 1.97 bits per heavy atom. The smallest absolute Gasteiger partial charge is 0.306 e. The number of carbonyl (C=O) groups excluding carboxylic acids is 1. The Morgan fingerprint density at radius 2 is 1.31 bits per heavy atom. The van der Waals surface area contributed by atoms with Gasteiger partial charge in [0.05, 0.1) is 13.2 Å². The van der Waals surface area contributed by atoms with E-state index >= 15 is 0 Å². The molecule has 0 aliphatic heterocycles. The topological polar surface area (TPSA) is 55.8 Å². The minimum Gasteiger partial charge on any atom is -0.457 e. The lowest BCUT2D eigenvalue weighted by atomic mass is 10.1. The molecule has 0 fully saturated rings. The highest BCUT2D eigenvalue weighted by Gasteiger charge is 2.13. The van der Waals surface area contributed by atoms with Crippen molar-refractivity contribution in [3.05, 3.63) is 24.3 Å². The number of aliphatic hydroxyl groups excluding tert-OH is 1. The third kappa shape index (κ3) is 23.5. The maximum Gasteiger partial charge on any atom is 0.306 e. The van der Waals surface area contributed by atoms with Crippen LogP contribution in [0, 0.1) is 0 Å². The van der Waals surface area contributed by atoms with Crippen molar-refractivity contribution in [2.24, 2.45) is 0 Å². The van der Waals surface area contributed by atoms with E-state index in [1.54, 1.807) is 0 Å². The van der Waals surface area contributed by atoms with Crippen LogP contribution in [0.25, 0.3) is 0 Å². The fourth-order valence-corrected chi connectivity index (χ4v) is 3.47. The van der Waals surface area contributed by atoms with E-state index < -0.39 is 6.10 Å². The minimum absolute atomic E-state index is 0.176. The molecule has 0 aliphatic carbocycles. The second kappa shape index (κ2) is 26.1. The van der Waals surface area contributed by atoms with Crippen molar-refractivity contribution < 1.29 is 19.4 Å². The number of allylic oxidation sites excluding steroid dienone is 4. The second-order valence-corrected chi connectivity index (χ2v) is 8.76. The minimum atomic E-state index is -0.529. The number of aliphatic hydroxyl groups is 1. The maximum absolute atomic E-state index is 11.8. The molecular formula is C28H52O4. The molecule has 0 spiro atoms. The van der Waals surface area contributed by atoms with Gasteiger partial charge in [0.15, 0.2) is 0 Å². The van der Waals surface area contributed by atoms with Gasteiger partial charge in [-0.1, -0.05) is 95.9 Å². The molecule has 0 aliphatic rings. The van der Waals surface area contributed by atoms with Crippen molar-refractivity contribution in [3.63, 3.8) is 0 Å². The van der Waals surface area contributed by atoms with Crippen LogP contribution in [0.3, 0.4) is 0 Å². The standard InChI is InChI=1S/C28H52O4/c1-3-5-7-9-10-11-12-13-14-15-16-17-18-19-20-22-24-31-26-27(25-29)32-28(30)23-21-8-6-4-2/h10-11,13-14,27,29H,3-9,12,15-26H2,1-2H3/b11-10-,14-13-. The molecule has 0 aromatic heterocycles. The van der Waals surface area contributed by atoms with Gasteiger partial charge in [-0.2, -0.15) is 0 Å². The van der Waals surface area contributed by atoms with E-state index in [0.717, 1.165) is 38.5 Å². The summed E-state index contributed by atoms with van der Waals surface area (Å²) in [6, 6.07) is 0. The molecule has 0 bridgehead atoms. The van der Waals surface area contributed by atoms with Gasteiger partial charge in [-0.3, -0.25) is 4.79 Å². The summed E-state index contributed by atoms with van der Waals surface area (Å²) in [5, 5.41) is 9.36. The summed E-state index contributed by atoms with van der Waals surface area (Å²) in [5.74, 6) is -0.225. The number of unbranched alkanes of at least 4 members (excludes halogenated alkanes) is 12. The van der Waals surface area contributed by atoms with Crippen LogP contribution in [0.4, 0.5) is 0 Å². The molecule has 1 atom stereocenters. The fraction of sp³-hybridized carbons (Fsp3) is 0.821. The average Bonchev–Trinajstić information content (AvgIpc) is 2.80. The third-order valence-corrected chi connectivity index (χ3v) is 5.53. The zero-order valence-corrected chi connectivity index (χ0v) is 21.2. The van der Waals surface area contributed by atoms with Crippen molar-refractivity contribution in [2.45, 2.75) is 129 Å². The molecule has 0 aromatic carbocycles. The molecule has 0 saturated heterocycles. The normalized spacial score (nSPS) is 12.7. The molecule has 0 saturated carbocycles. The Labute approximate surface area is 198 Å². The summed E-state index contributed by atoms with van der Waals surface area (Å²) >= 11 is 0. The van der Waals surface area contributed by atoms with Crippen molar-refractivity contribution in [2.75, 3.05) is 19.8 Å². The van der Waals surface area contributed by atoms with Crippen LogP contribution in [0.15, 0.2) is 24.3 Å². The monoisotopic (exact) mass is 452 g/mol. The van der Waals surface area contributed by atoms with Gasteiger partial charge < -0.3 is 14.6 Å². The van der Waals surface area contributed by atoms with Crippen LogP contribution in [-0.2, 0) is 14.3 Å². The Balaban J connectivity index is 3.43. The number of hydrogen-bond donors (Lipinski definition) is 1. The third-order valence-electron chi connectivity index (χ3n) is 5.53. The Hall–Kier alpha value is -1.13. The first-order valence-corrected chi connectivity index (χ1v) is 13.4. The van der Waals surface area contributed by atoms with Crippen molar-refractivity contribution in [1.29, 1.82) is 0 Å². The Kier molecular flexibility index (Phi) is 25.2. The molecule has 0 aromatic rings. The van der Waals surface area contributed by atoms with Crippen molar-refractivity contribution in [3.8, 4) is 0 Å². The maximum atomic E-state index is 11.8. The molecule has 4 heteroatoms. The first-order valence-electron chi connectivity index (χ1n) is 13.4. The van der Waals surface area contributed by atoms with Gasteiger partial charge in [0.25, 0.3) is 0 Å². The number of hydrogen-bond acceptors (Lipinski definition) is 4. The zero-order valence-electron chi connectivity index (χ0n) is 21.2. The highest BCUT2D eigenvalue weighted by molar-refractivity contribution is 5.69. The van der Waals surface area contributed by atoms with Crippen LogP contribution in [0.1, 0.15) is 123 Å². The van der Waals surface area contributed by atoms with E-state index in [1.165, 1.54) is 64.2 Å². The summed E-state index contributed by atoms with van der Waals surface area (Å²) < 4.78 is 10.9. The first kappa shape index (κ1) is 30.9. The molecule has 1 N–H and O–H groups in total. The number of carbonyl (C=O) groups is 1. The summed E-state index contributed by atoms with van der Waals surface area (Å²) in [6.45, 7) is 5.17. The largest absolute Gasteiger partial charge is 0.457 e. The molecule has 0 heterocycles. The van der Waals surface area contributed by atoms with E-state index in [4.69, 9.17) is 9.47 Å². The second-order valence-electron chi connectivity index (χ2n) is 8.76. The lowest BCUT2D eigenvalue weighted by Crippen LogP contribution is -2.27. The van der Waals surface area contributed by atoms with Gasteiger partial charge >= 0.3 is 5.97 Å². The van der Waals surface area contributed by atoms with Crippen LogP contribution in [-0.4, -0.2) is 37.0 Å². The predicted molar refractivity (Wildman–Crippen MR) is 136 cm³/mol. The summed E-state index contributed by atoms with van der Waals surface area (Å²) in [5.41, 5.74) is 0. The fourth-order valence-electron chi connectivity index (χ4n) is 3.47. The van der Waals surface area contributed by atoms with E-state index in [0.29, 0.717) is 13.0 Å². The predicted octanol–water partition coefficient (Wildman–Crippen LogP) is 7.69. The summed E-state index contributed by atoms with van der Waals surface area (Å²) in [4.78, 5) is 11.8. The Morgan fingerprint density at radius 1 is 0.750 bits per heavy atom. The van der Waals surface area contributed by atoms with Gasteiger partial charge in [0.1, 0.15) is 6.10 Å². The SMILES string of the molecule is CCCCC/C=C\C/C=C\CCCCCCCCOCC(CO)OC(=O)CCCCCC. The van der Waals surface area contributed by atoms with Crippen LogP contribution in [0.5, 0.6) is 0 Å². The molecule has 0 amide bonds. The van der Waals surface area contributed by atoms with Gasteiger partial charge in [0.2, 0.25) is 0 Å². The summed E-state index contributed by atoms with van der Waals surface area (Å²) in [7, 11) is 0. The van der Waals surface area contributed by atoms with Crippen molar-refractivity contribution in [1.82, 2.24) is 0 Å². The van der Waals surface area contributed by atoms with E-state index in [-0.39, 0.29) is 19.2 Å². The average molecular weight is 453 g/mol. The van der Waals surface area contributed by atoms with Gasteiger partial charge in [-0.25, -0.2) is 0 Å². The van der Waals surface area contributed by atoms with Crippen LogP contribution < -0.4 is 0 Å². The van der Waals surface area contributed by atoms with Crippen LogP contribution >= 0.6 is 0 Å². The molecular weight excluding hydrogens is 400 g/mol. The highest BCUT2D eigenvalue weighted by Crippen LogP contribution is 2.09. The Bertz CT molecular complexity index is 445. The van der Waals surface area contributed by atoms with E-state index in [9.17, 15) is 9.90 Å². The quantitative estimate of drug-likeness (QED) is 0.0926. The molecule has 188 valence electrons.